The van der Waals surface area contributed by atoms with Crippen molar-refractivity contribution in [2.45, 2.75) is 112 Å². The van der Waals surface area contributed by atoms with Gasteiger partial charge < -0.3 is 20.3 Å². The first kappa shape index (κ1) is 40.1. The zero-order chi connectivity index (χ0) is 21.1. The van der Waals surface area contributed by atoms with Gasteiger partial charge >= 0.3 is 0 Å². The van der Waals surface area contributed by atoms with Crippen LogP contribution in [0.1, 0.15) is 101 Å². The van der Waals surface area contributed by atoms with Crippen LogP contribution in [0.4, 0.5) is 0 Å². The van der Waals surface area contributed by atoms with E-state index in [1.54, 1.807) is 6.08 Å². The van der Waals surface area contributed by atoms with Gasteiger partial charge in [0.15, 0.2) is 0 Å². The highest BCUT2D eigenvalue weighted by Crippen LogP contribution is 2.27. The predicted molar refractivity (Wildman–Crippen MR) is 121 cm³/mol. The Bertz CT molecular complexity index is 200. The Morgan fingerprint density at radius 1 is 1.08 bits per heavy atom. The van der Waals surface area contributed by atoms with E-state index in [1.807, 2.05) is 41.4 Å². The van der Waals surface area contributed by atoms with Crippen molar-refractivity contribution < 1.29 is 15.0 Å². The average molecular weight is 380 g/mol. The highest BCUT2D eigenvalue weighted by Gasteiger charge is 2.29. The third kappa shape index (κ3) is 31.1. The van der Waals surface area contributed by atoms with Crippen LogP contribution in [0.3, 0.4) is 0 Å². The maximum atomic E-state index is 10.4. The van der Waals surface area contributed by atoms with Gasteiger partial charge in [-0.2, -0.15) is 0 Å². The molecule has 0 amide bonds. The normalized spacial score (nSPS) is 13.7. The Balaban J connectivity index is -0.0000000710. The van der Waals surface area contributed by atoms with Gasteiger partial charge in [0.1, 0.15) is 6.79 Å². The minimum absolute atomic E-state index is 0. The molecule has 0 spiro atoms. The van der Waals surface area contributed by atoms with Crippen LogP contribution in [0.2, 0.25) is 0 Å². The quantitative estimate of drug-likeness (QED) is 0.513. The summed E-state index contributed by atoms with van der Waals surface area (Å²) in [7, 11) is 1.00. The molecule has 1 atom stereocenters. The first-order chi connectivity index (χ1) is 12.1. The van der Waals surface area contributed by atoms with Crippen molar-refractivity contribution in [3.05, 3.63) is 12.7 Å². The fourth-order valence-corrected chi connectivity index (χ4v) is 2.65. The number of carbonyl (C=O) groups excluding carboxylic acids is 1. The zero-order valence-corrected chi connectivity index (χ0v) is 18.5. The largest absolute Gasteiger partial charge is 0.400 e. The van der Waals surface area contributed by atoms with Crippen molar-refractivity contribution in [2.24, 2.45) is 0 Å². The van der Waals surface area contributed by atoms with E-state index in [1.165, 1.54) is 12.8 Å². The van der Waals surface area contributed by atoms with Crippen LogP contribution < -0.4 is 5.32 Å². The lowest BCUT2D eigenvalue weighted by Gasteiger charge is -2.30. The Hall–Kier alpha value is -0.710. The Morgan fingerprint density at radius 3 is 1.65 bits per heavy atom. The fourth-order valence-electron chi connectivity index (χ4n) is 2.65. The summed E-state index contributed by atoms with van der Waals surface area (Å²) in [5, 5.41) is 20.9. The molecule has 1 rings (SSSR count). The number of hydrogen-bond donors (Lipinski definition) is 3. The lowest BCUT2D eigenvalue weighted by atomic mass is 9.86. The Morgan fingerprint density at radius 2 is 1.42 bits per heavy atom. The lowest BCUT2D eigenvalue weighted by molar-refractivity contribution is -0.0980. The van der Waals surface area contributed by atoms with Gasteiger partial charge in [-0.05, 0) is 45.6 Å². The van der Waals surface area contributed by atoms with E-state index in [9.17, 15) is 5.11 Å². The topological polar surface area (TPSA) is 69.6 Å². The highest BCUT2D eigenvalue weighted by molar-refractivity contribution is 5.11. The highest BCUT2D eigenvalue weighted by atomic mass is 16.3. The number of allylic oxidation sites excluding steroid dienone is 1. The van der Waals surface area contributed by atoms with Gasteiger partial charge in [-0.15, -0.1) is 6.58 Å². The number of hydrogen-bond acceptors (Lipinski definition) is 4. The van der Waals surface area contributed by atoms with Gasteiger partial charge in [0.25, 0.3) is 0 Å². The van der Waals surface area contributed by atoms with Gasteiger partial charge in [-0.3, -0.25) is 0 Å². The van der Waals surface area contributed by atoms with E-state index in [0.717, 1.165) is 45.8 Å². The number of aliphatic hydroxyl groups is 2. The van der Waals surface area contributed by atoms with E-state index < -0.39 is 5.60 Å². The summed E-state index contributed by atoms with van der Waals surface area (Å²) in [6.45, 7) is 20.7. The molecule has 164 valence electrons. The second-order valence-electron chi connectivity index (χ2n) is 5.13. The molecule has 0 aromatic heterocycles. The molecule has 1 unspecified atom stereocenters. The minimum Gasteiger partial charge on any atom is -0.400 e. The average Bonchev–Trinajstić information content (AvgIpc) is 3.15. The van der Waals surface area contributed by atoms with Crippen LogP contribution in [0.25, 0.3) is 0 Å². The van der Waals surface area contributed by atoms with Gasteiger partial charge in [0.2, 0.25) is 0 Å². The minimum atomic E-state index is -0.397. The van der Waals surface area contributed by atoms with E-state index in [0.29, 0.717) is 6.04 Å². The van der Waals surface area contributed by atoms with Crippen molar-refractivity contribution in [1.82, 2.24) is 5.32 Å². The summed E-state index contributed by atoms with van der Waals surface area (Å²) in [6, 6.07) is 0.568. The van der Waals surface area contributed by atoms with Crippen LogP contribution in [-0.2, 0) is 4.79 Å². The fraction of sp³-hybridized carbons (Fsp3) is 0.864. The second kappa shape index (κ2) is 39.4. The van der Waals surface area contributed by atoms with Crippen molar-refractivity contribution >= 4 is 6.79 Å². The summed E-state index contributed by atoms with van der Waals surface area (Å²) >= 11 is 0. The molecule has 0 aliphatic carbocycles. The molecule has 0 radical (unpaired) electrons. The van der Waals surface area contributed by atoms with Crippen molar-refractivity contribution in [1.29, 1.82) is 0 Å². The van der Waals surface area contributed by atoms with E-state index in [4.69, 9.17) is 9.90 Å². The first-order valence-electron chi connectivity index (χ1n) is 9.88. The summed E-state index contributed by atoms with van der Waals surface area (Å²) in [4.78, 5) is 8.00. The van der Waals surface area contributed by atoms with Gasteiger partial charge in [0, 0.05) is 13.2 Å². The Labute approximate surface area is 166 Å². The van der Waals surface area contributed by atoms with Crippen LogP contribution in [-0.4, -0.2) is 42.3 Å². The SMILES string of the molecule is C.C=CC.C=O.CC.CC.CCCC(O)(CCC)CC1CCCN1.CO. The van der Waals surface area contributed by atoms with E-state index >= 15 is 0 Å². The van der Waals surface area contributed by atoms with Gasteiger partial charge in [0.05, 0.1) is 5.60 Å². The molecule has 1 aliphatic rings. The first-order valence-corrected chi connectivity index (χ1v) is 9.88. The molecule has 0 bridgehead atoms. The standard InChI is InChI=1S/C12H25NO.C3H6.2C2H6.CH4O.CH2O.CH4/c1-3-7-12(14,8-4-2)10-11-6-5-9-13-11;1-3-2;4*1-2;/h11,13-14H,3-10H2,1-2H3;3H,1H2,2H3;2*1-2H3;2H,1H3;1H2;1H4. The summed E-state index contributed by atoms with van der Waals surface area (Å²) in [6.07, 6.45) is 9.31. The third-order valence-corrected chi connectivity index (χ3v) is 3.22. The van der Waals surface area contributed by atoms with Crippen LogP contribution in [0.15, 0.2) is 12.7 Å². The summed E-state index contributed by atoms with van der Waals surface area (Å²) in [5.41, 5.74) is -0.397. The monoisotopic (exact) mass is 379 g/mol. The molecule has 0 aromatic carbocycles. The number of aliphatic hydroxyl groups excluding tert-OH is 1. The lowest BCUT2D eigenvalue weighted by Crippen LogP contribution is -2.37. The van der Waals surface area contributed by atoms with E-state index in [2.05, 4.69) is 25.7 Å². The molecule has 1 saturated heterocycles. The number of nitrogens with one attached hydrogen (secondary N) is 1. The molecule has 1 heterocycles. The van der Waals surface area contributed by atoms with Gasteiger partial charge in [-0.1, -0.05) is 67.9 Å². The molecule has 1 fully saturated rings. The molecule has 0 aromatic rings. The van der Waals surface area contributed by atoms with Gasteiger partial charge in [-0.25, -0.2) is 0 Å². The molecule has 3 N–H and O–H groups in total. The van der Waals surface area contributed by atoms with Crippen molar-refractivity contribution in [3.8, 4) is 0 Å². The molecule has 1 aliphatic heterocycles. The third-order valence-electron chi connectivity index (χ3n) is 3.22. The van der Waals surface area contributed by atoms with Crippen LogP contribution >= 0.6 is 0 Å². The van der Waals surface area contributed by atoms with Crippen LogP contribution in [0, 0.1) is 0 Å². The molecule has 0 saturated carbocycles. The molecular formula is C22H53NO3. The Kier molecular flexibility index (Phi) is 60.7. The second-order valence-corrected chi connectivity index (χ2v) is 5.13. The smallest absolute Gasteiger partial charge is 0.106 e. The van der Waals surface area contributed by atoms with Crippen LogP contribution in [0.5, 0.6) is 0 Å². The zero-order valence-electron chi connectivity index (χ0n) is 18.5. The van der Waals surface area contributed by atoms with Crippen molar-refractivity contribution in [2.75, 3.05) is 13.7 Å². The predicted octanol–water partition coefficient (Wildman–Crippen LogP) is 5.76. The molecule has 4 nitrogen and oxygen atoms in total. The summed E-state index contributed by atoms with van der Waals surface area (Å²) < 4.78 is 0. The maximum absolute atomic E-state index is 10.4. The molecule has 4 heteroatoms. The summed E-state index contributed by atoms with van der Waals surface area (Å²) in [5.74, 6) is 0. The molecular weight excluding hydrogens is 326 g/mol. The molecule has 26 heavy (non-hydrogen) atoms. The maximum Gasteiger partial charge on any atom is 0.106 e. The van der Waals surface area contributed by atoms with E-state index in [-0.39, 0.29) is 7.43 Å². The number of carbonyl (C=O) groups is 1. The van der Waals surface area contributed by atoms with Crippen molar-refractivity contribution in [3.63, 3.8) is 0 Å². The number of rotatable bonds is 6.